The van der Waals surface area contributed by atoms with Crippen molar-refractivity contribution in [2.24, 2.45) is 0 Å². The number of imidazole rings is 1. The molecule has 5 atom stereocenters. The van der Waals surface area contributed by atoms with Crippen LogP contribution in [0.2, 0.25) is 0 Å². The number of anilines is 1. The number of nitrogens with one attached hydrogen (secondary N) is 1. The number of ether oxygens (including phenoxy) is 1. The van der Waals surface area contributed by atoms with E-state index in [1.807, 2.05) is 0 Å². The van der Waals surface area contributed by atoms with Crippen molar-refractivity contribution < 1.29 is 27.9 Å². The summed E-state index contributed by atoms with van der Waals surface area (Å²) in [5.41, 5.74) is 0.934. The number of rotatable bonds is 6. The number of aromatic nitrogens is 4. The molecule has 0 aliphatic carbocycles. The minimum absolute atomic E-state index is 0.166. The summed E-state index contributed by atoms with van der Waals surface area (Å²) in [5.74, 6) is -0.212. The van der Waals surface area contributed by atoms with Crippen LogP contribution in [-0.2, 0) is 13.8 Å². The maximum Gasteiger partial charge on any atom is 0.695 e. The van der Waals surface area contributed by atoms with Gasteiger partial charge in [-0.15, -0.1) is 9.42 Å². The van der Waals surface area contributed by atoms with E-state index in [0.29, 0.717) is 12.0 Å². The molecule has 5 unspecified atom stereocenters. The average Bonchev–Trinajstić information content (AvgIpc) is 3.30. The molecular formula is C18H18FN5O5P+. The van der Waals surface area contributed by atoms with E-state index in [9.17, 15) is 9.36 Å². The van der Waals surface area contributed by atoms with Crippen molar-refractivity contribution in [1.82, 2.24) is 19.5 Å². The largest absolute Gasteiger partial charge is 0.695 e. The van der Waals surface area contributed by atoms with Crippen LogP contribution in [-0.4, -0.2) is 48.7 Å². The summed E-state index contributed by atoms with van der Waals surface area (Å²) in [7, 11) is -2.99. The van der Waals surface area contributed by atoms with Crippen LogP contribution in [0.15, 0.2) is 43.0 Å². The monoisotopic (exact) mass is 434 g/mol. The van der Waals surface area contributed by atoms with Crippen molar-refractivity contribution in [3.05, 3.63) is 48.5 Å². The molecule has 12 heteroatoms. The quantitative estimate of drug-likeness (QED) is 0.567. The zero-order valence-corrected chi connectivity index (χ0v) is 16.6. The Bertz CT molecular complexity index is 1080. The molecule has 156 valence electrons. The second-order valence-corrected chi connectivity index (χ2v) is 7.28. The SMILES string of the molecule is CCC1OC(n2cnc3c(NC(=O)c4ccccc4)ncnc32)C(F)C1O[P+](=O)O. The topological polar surface area (TPSA) is 128 Å². The van der Waals surface area contributed by atoms with E-state index in [2.05, 4.69) is 20.3 Å². The first-order chi connectivity index (χ1) is 14.5. The number of benzene rings is 1. The fraction of sp³-hybridized carbons (Fsp3) is 0.333. The molecule has 0 spiro atoms. The summed E-state index contributed by atoms with van der Waals surface area (Å²) in [6, 6.07) is 8.58. The van der Waals surface area contributed by atoms with Gasteiger partial charge in [0.1, 0.15) is 6.33 Å². The minimum atomic E-state index is -2.99. The van der Waals surface area contributed by atoms with Gasteiger partial charge in [-0.05, 0) is 18.6 Å². The molecule has 2 N–H and O–H groups in total. The molecule has 1 amide bonds. The lowest BCUT2D eigenvalue weighted by Crippen LogP contribution is -2.29. The Labute approximate surface area is 171 Å². The molecule has 4 rings (SSSR count). The highest BCUT2D eigenvalue weighted by molar-refractivity contribution is 7.32. The predicted molar refractivity (Wildman–Crippen MR) is 104 cm³/mol. The number of carbonyl (C=O) groups excluding carboxylic acids is 1. The highest BCUT2D eigenvalue weighted by Crippen LogP contribution is 2.40. The van der Waals surface area contributed by atoms with Gasteiger partial charge in [0.2, 0.25) is 0 Å². The summed E-state index contributed by atoms with van der Waals surface area (Å²) in [6.07, 6.45) is -1.88. The van der Waals surface area contributed by atoms with Crippen LogP contribution in [0.1, 0.15) is 29.9 Å². The first kappa shape index (κ1) is 20.4. The van der Waals surface area contributed by atoms with Crippen LogP contribution in [0.3, 0.4) is 0 Å². The number of nitrogens with zero attached hydrogens (tertiary/aromatic N) is 4. The summed E-state index contributed by atoms with van der Waals surface area (Å²) in [4.78, 5) is 33.9. The van der Waals surface area contributed by atoms with Gasteiger partial charge in [0.15, 0.2) is 35.5 Å². The van der Waals surface area contributed by atoms with Crippen LogP contribution in [0.25, 0.3) is 11.2 Å². The van der Waals surface area contributed by atoms with Crippen molar-refractivity contribution in [2.45, 2.75) is 38.0 Å². The minimum Gasteiger partial charge on any atom is -0.348 e. The second kappa shape index (κ2) is 8.49. The number of hydrogen-bond donors (Lipinski definition) is 2. The van der Waals surface area contributed by atoms with Gasteiger partial charge in [-0.2, -0.15) is 0 Å². The van der Waals surface area contributed by atoms with E-state index in [1.54, 1.807) is 37.3 Å². The second-order valence-electron chi connectivity index (χ2n) is 6.59. The average molecular weight is 434 g/mol. The first-order valence-electron chi connectivity index (χ1n) is 9.16. The Balaban J connectivity index is 1.63. The van der Waals surface area contributed by atoms with Crippen LogP contribution < -0.4 is 5.32 Å². The lowest BCUT2D eigenvalue weighted by atomic mass is 10.1. The van der Waals surface area contributed by atoms with Crippen LogP contribution in [0, 0.1) is 0 Å². The van der Waals surface area contributed by atoms with Gasteiger partial charge < -0.3 is 10.1 Å². The summed E-state index contributed by atoms with van der Waals surface area (Å²) < 4.78 is 38.0. The Morgan fingerprint density at radius 2 is 2.10 bits per heavy atom. The standard InChI is InChI=1S/C18H17FN5O5P/c1-2-11-14(29-30(26)27)12(19)18(28-11)24-9-22-13-15(20-8-21-16(13)24)23-17(25)10-6-4-3-5-7-10/h3-9,11-12,14,18H,2H2,1H3,(H-,20,21,23,25,26,27)/p+1. The van der Waals surface area contributed by atoms with E-state index >= 15 is 4.39 Å². The normalized spacial score (nSPS) is 24.2. The maximum absolute atomic E-state index is 15.0. The van der Waals surface area contributed by atoms with Gasteiger partial charge in [0.25, 0.3) is 5.91 Å². The summed E-state index contributed by atoms with van der Waals surface area (Å²) in [6.45, 7) is 1.76. The number of alkyl halides is 1. The van der Waals surface area contributed by atoms with E-state index < -0.39 is 32.9 Å². The molecular weight excluding hydrogens is 416 g/mol. The fourth-order valence-corrected chi connectivity index (χ4v) is 3.84. The molecule has 3 heterocycles. The van der Waals surface area contributed by atoms with Gasteiger partial charge in [-0.1, -0.05) is 25.1 Å². The molecule has 1 fully saturated rings. The van der Waals surface area contributed by atoms with Crippen molar-refractivity contribution in [1.29, 1.82) is 0 Å². The van der Waals surface area contributed by atoms with Gasteiger partial charge in [0.05, 0.1) is 12.4 Å². The predicted octanol–water partition coefficient (Wildman–Crippen LogP) is 2.76. The number of carbonyl (C=O) groups is 1. The fourth-order valence-electron chi connectivity index (χ4n) is 3.38. The zero-order chi connectivity index (χ0) is 21.3. The van der Waals surface area contributed by atoms with E-state index in [-0.39, 0.29) is 22.9 Å². The Morgan fingerprint density at radius 3 is 2.80 bits per heavy atom. The Kier molecular flexibility index (Phi) is 5.78. The highest BCUT2D eigenvalue weighted by Gasteiger charge is 2.50. The number of fused-ring (bicyclic) bond motifs is 1. The first-order valence-corrected chi connectivity index (χ1v) is 10.3. The molecule has 2 aromatic heterocycles. The van der Waals surface area contributed by atoms with Gasteiger partial charge >= 0.3 is 8.25 Å². The van der Waals surface area contributed by atoms with Gasteiger partial charge in [-0.25, -0.2) is 19.3 Å². The third kappa shape index (κ3) is 3.80. The van der Waals surface area contributed by atoms with Crippen LogP contribution in [0.4, 0.5) is 10.2 Å². The molecule has 10 nitrogen and oxygen atoms in total. The van der Waals surface area contributed by atoms with Gasteiger partial charge in [-0.3, -0.25) is 9.36 Å². The molecule has 30 heavy (non-hydrogen) atoms. The van der Waals surface area contributed by atoms with E-state index in [0.717, 1.165) is 0 Å². The van der Waals surface area contributed by atoms with Gasteiger partial charge in [0, 0.05) is 10.1 Å². The van der Waals surface area contributed by atoms with Crippen LogP contribution >= 0.6 is 8.25 Å². The summed E-state index contributed by atoms with van der Waals surface area (Å²) >= 11 is 0. The lowest BCUT2D eigenvalue weighted by molar-refractivity contribution is -0.0222. The van der Waals surface area contributed by atoms with E-state index in [1.165, 1.54) is 17.2 Å². The zero-order valence-electron chi connectivity index (χ0n) is 15.8. The molecule has 0 bridgehead atoms. The Hall–Kier alpha value is -2.85. The molecule has 1 aromatic carbocycles. The number of hydrogen-bond acceptors (Lipinski definition) is 7. The maximum atomic E-state index is 15.0. The van der Waals surface area contributed by atoms with Crippen molar-refractivity contribution >= 4 is 31.1 Å². The highest BCUT2D eigenvalue weighted by atomic mass is 31.1. The van der Waals surface area contributed by atoms with Crippen molar-refractivity contribution in [2.75, 3.05) is 5.32 Å². The molecule has 0 saturated carbocycles. The van der Waals surface area contributed by atoms with Crippen LogP contribution in [0.5, 0.6) is 0 Å². The number of amides is 1. The molecule has 0 radical (unpaired) electrons. The molecule has 1 saturated heterocycles. The number of halogens is 1. The third-order valence-electron chi connectivity index (χ3n) is 4.78. The Morgan fingerprint density at radius 1 is 1.33 bits per heavy atom. The lowest BCUT2D eigenvalue weighted by Gasteiger charge is -2.15. The molecule has 3 aromatic rings. The third-order valence-corrected chi connectivity index (χ3v) is 5.21. The van der Waals surface area contributed by atoms with Crippen molar-refractivity contribution in [3.63, 3.8) is 0 Å². The molecule has 1 aliphatic rings. The summed E-state index contributed by atoms with van der Waals surface area (Å²) in [5, 5.41) is 2.67. The van der Waals surface area contributed by atoms with Crippen molar-refractivity contribution in [3.8, 4) is 0 Å². The van der Waals surface area contributed by atoms with E-state index in [4.69, 9.17) is 14.2 Å². The smallest absolute Gasteiger partial charge is 0.348 e. The molecule has 1 aliphatic heterocycles.